The van der Waals surface area contributed by atoms with Crippen LogP contribution in [0.4, 0.5) is 5.69 Å². The molecule has 1 aliphatic heterocycles. The zero-order chi connectivity index (χ0) is 25.7. The van der Waals surface area contributed by atoms with Crippen molar-refractivity contribution in [2.45, 2.75) is 17.5 Å². The smallest absolute Gasteiger partial charge is 0.255 e. The van der Waals surface area contributed by atoms with E-state index >= 15 is 0 Å². The van der Waals surface area contributed by atoms with Crippen LogP contribution >= 0.6 is 11.8 Å². The lowest BCUT2D eigenvalue weighted by Gasteiger charge is -2.11. The van der Waals surface area contributed by atoms with E-state index in [1.165, 1.54) is 5.56 Å². The Morgan fingerprint density at radius 3 is 2.47 bits per heavy atom. The second kappa shape index (κ2) is 10.8. The van der Waals surface area contributed by atoms with Crippen LogP contribution in [-0.4, -0.2) is 32.4 Å². The number of hydrogen-bond donors (Lipinski definition) is 1. The van der Waals surface area contributed by atoms with Crippen LogP contribution in [0, 0.1) is 0 Å². The highest BCUT2D eigenvalue weighted by atomic mass is 32.2. The first-order valence-corrected chi connectivity index (χ1v) is 13.0. The number of carbonyl (C=O) groups is 1. The van der Waals surface area contributed by atoms with Gasteiger partial charge in [0.1, 0.15) is 0 Å². The number of rotatable bonds is 8. The summed E-state index contributed by atoms with van der Waals surface area (Å²) in [5.41, 5.74) is 4.44. The second-order valence-corrected chi connectivity index (χ2v) is 9.56. The van der Waals surface area contributed by atoms with Crippen LogP contribution in [0.2, 0.25) is 0 Å². The van der Waals surface area contributed by atoms with E-state index in [2.05, 4.69) is 37.2 Å². The largest absolute Gasteiger partial charge is 0.454 e. The van der Waals surface area contributed by atoms with E-state index in [9.17, 15) is 4.79 Å². The molecule has 0 saturated heterocycles. The number of aromatic nitrogens is 4. The molecular weight excluding hydrogens is 498 g/mol. The predicted molar refractivity (Wildman–Crippen MR) is 145 cm³/mol. The highest BCUT2D eigenvalue weighted by Crippen LogP contribution is 2.34. The number of thioether (sulfide) groups is 1. The molecule has 1 amide bonds. The van der Waals surface area contributed by atoms with Gasteiger partial charge in [-0.1, -0.05) is 54.2 Å². The van der Waals surface area contributed by atoms with Gasteiger partial charge in [-0.2, -0.15) is 0 Å². The van der Waals surface area contributed by atoms with Crippen LogP contribution in [0.1, 0.15) is 21.5 Å². The molecule has 0 saturated carbocycles. The summed E-state index contributed by atoms with van der Waals surface area (Å²) < 4.78 is 12.8. The molecule has 9 heteroatoms. The van der Waals surface area contributed by atoms with Crippen molar-refractivity contribution < 1.29 is 14.3 Å². The van der Waals surface area contributed by atoms with E-state index < -0.39 is 0 Å². The van der Waals surface area contributed by atoms with Crippen molar-refractivity contribution in [2.75, 3.05) is 12.1 Å². The fourth-order valence-corrected chi connectivity index (χ4v) is 4.99. The van der Waals surface area contributed by atoms with Crippen LogP contribution in [0.25, 0.3) is 11.4 Å². The zero-order valence-electron chi connectivity index (χ0n) is 20.3. The van der Waals surface area contributed by atoms with E-state index in [1.807, 2.05) is 54.6 Å². The zero-order valence-corrected chi connectivity index (χ0v) is 21.1. The standard InChI is InChI=1S/C29H23N5O3S/c35-28(31-24-10-11-25-26(16-24)37-19-36-25)23-8-6-21(7-9-23)18-38-29-33-32-27(22-12-14-30-15-13-22)34(29)17-20-4-2-1-3-5-20/h1-16H,17-19H2,(H,31,35). The third-order valence-corrected chi connectivity index (χ3v) is 7.09. The van der Waals surface area contributed by atoms with Crippen molar-refractivity contribution in [3.05, 3.63) is 114 Å². The maximum Gasteiger partial charge on any atom is 0.255 e. The van der Waals surface area contributed by atoms with E-state index in [4.69, 9.17) is 9.47 Å². The van der Waals surface area contributed by atoms with Crippen LogP contribution in [-0.2, 0) is 12.3 Å². The monoisotopic (exact) mass is 521 g/mol. The molecule has 0 bridgehead atoms. The van der Waals surface area contributed by atoms with Gasteiger partial charge in [-0.05, 0) is 47.5 Å². The summed E-state index contributed by atoms with van der Waals surface area (Å²) in [6.07, 6.45) is 3.52. The summed E-state index contributed by atoms with van der Waals surface area (Å²) in [5, 5.41) is 12.7. The Balaban J connectivity index is 1.15. The van der Waals surface area contributed by atoms with Crippen molar-refractivity contribution in [2.24, 2.45) is 0 Å². The maximum atomic E-state index is 12.7. The number of amides is 1. The average molecular weight is 522 g/mol. The molecule has 1 aliphatic rings. The van der Waals surface area contributed by atoms with Gasteiger partial charge in [-0.3, -0.25) is 14.3 Å². The third-order valence-electron chi connectivity index (χ3n) is 6.05. The van der Waals surface area contributed by atoms with Crippen LogP contribution in [0.5, 0.6) is 11.5 Å². The first kappa shape index (κ1) is 23.7. The van der Waals surface area contributed by atoms with E-state index in [-0.39, 0.29) is 12.7 Å². The summed E-state index contributed by atoms with van der Waals surface area (Å²) in [6, 6.07) is 27.1. The summed E-state index contributed by atoms with van der Waals surface area (Å²) in [4.78, 5) is 16.9. The molecule has 2 aromatic heterocycles. The lowest BCUT2D eigenvalue weighted by Crippen LogP contribution is -2.11. The van der Waals surface area contributed by atoms with Crippen molar-refractivity contribution >= 4 is 23.4 Å². The van der Waals surface area contributed by atoms with E-state index in [0.717, 1.165) is 22.1 Å². The number of fused-ring (bicyclic) bond motifs is 1. The molecule has 38 heavy (non-hydrogen) atoms. The van der Waals surface area contributed by atoms with Crippen molar-refractivity contribution in [3.63, 3.8) is 0 Å². The predicted octanol–water partition coefficient (Wildman–Crippen LogP) is 5.66. The van der Waals surface area contributed by atoms with E-state index in [1.54, 1.807) is 42.4 Å². The van der Waals surface area contributed by atoms with Crippen LogP contribution < -0.4 is 14.8 Å². The molecule has 3 heterocycles. The number of benzene rings is 3. The summed E-state index contributed by atoms with van der Waals surface area (Å²) in [7, 11) is 0. The second-order valence-electron chi connectivity index (χ2n) is 8.62. The van der Waals surface area contributed by atoms with Gasteiger partial charge < -0.3 is 14.8 Å². The number of ether oxygens (including phenoxy) is 2. The van der Waals surface area contributed by atoms with Crippen molar-refractivity contribution in [1.82, 2.24) is 19.7 Å². The number of anilines is 1. The minimum Gasteiger partial charge on any atom is -0.454 e. The van der Waals surface area contributed by atoms with Crippen LogP contribution in [0.3, 0.4) is 0 Å². The molecule has 0 unspecified atom stereocenters. The minimum atomic E-state index is -0.187. The number of carbonyl (C=O) groups excluding carboxylic acids is 1. The Labute approximate surface area is 223 Å². The van der Waals surface area contributed by atoms with Gasteiger partial charge in [-0.15, -0.1) is 10.2 Å². The Hall–Kier alpha value is -4.63. The fraction of sp³-hybridized carbons (Fsp3) is 0.103. The molecule has 0 fully saturated rings. The molecule has 1 N–H and O–H groups in total. The Morgan fingerprint density at radius 2 is 1.66 bits per heavy atom. The lowest BCUT2D eigenvalue weighted by molar-refractivity contribution is 0.102. The normalized spacial score (nSPS) is 11.9. The first-order chi connectivity index (χ1) is 18.7. The molecule has 6 rings (SSSR count). The molecule has 0 atom stereocenters. The third kappa shape index (κ3) is 5.23. The highest BCUT2D eigenvalue weighted by molar-refractivity contribution is 7.98. The summed E-state index contributed by atoms with van der Waals surface area (Å²) >= 11 is 1.61. The Morgan fingerprint density at radius 1 is 0.868 bits per heavy atom. The molecular formula is C29H23N5O3S. The number of hydrogen-bond acceptors (Lipinski definition) is 7. The molecule has 188 valence electrons. The highest BCUT2D eigenvalue weighted by Gasteiger charge is 2.16. The lowest BCUT2D eigenvalue weighted by atomic mass is 10.1. The van der Waals surface area contributed by atoms with Gasteiger partial charge in [0, 0.05) is 41.0 Å². The number of pyridine rings is 1. The summed E-state index contributed by atoms with van der Waals surface area (Å²) in [5.74, 6) is 2.61. The Kier molecular flexibility index (Phi) is 6.73. The molecule has 0 spiro atoms. The fourth-order valence-electron chi connectivity index (χ4n) is 4.10. The maximum absolute atomic E-state index is 12.7. The summed E-state index contributed by atoms with van der Waals surface area (Å²) in [6.45, 7) is 0.854. The molecule has 0 aliphatic carbocycles. The van der Waals surface area contributed by atoms with Gasteiger partial charge in [0.25, 0.3) is 5.91 Å². The average Bonchev–Trinajstić information content (AvgIpc) is 3.60. The Bertz CT molecular complexity index is 1560. The van der Waals surface area contributed by atoms with Gasteiger partial charge >= 0.3 is 0 Å². The van der Waals surface area contributed by atoms with Crippen molar-refractivity contribution in [3.8, 4) is 22.9 Å². The SMILES string of the molecule is O=C(Nc1ccc2c(c1)OCO2)c1ccc(CSc2nnc(-c3ccncc3)n2Cc2ccccc2)cc1. The van der Waals surface area contributed by atoms with Crippen molar-refractivity contribution in [1.29, 1.82) is 0 Å². The van der Waals surface area contributed by atoms with Crippen LogP contribution in [0.15, 0.2) is 102 Å². The number of nitrogens with one attached hydrogen (secondary N) is 1. The first-order valence-electron chi connectivity index (χ1n) is 12.0. The van der Waals surface area contributed by atoms with Gasteiger partial charge in [0.05, 0.1) is 6.54 Å². The molecule has 5 aromatic rings. The van der Waals surface area contributed by atoms with E-state index in [0.29, 0.717) is 35.0 Å². The molecule has 3 aromatic carbocycles. The molecule has 8 nitrogen and oxygen atoms in total. The molecule has 0 radical (unpaired) electrons. The van der Waals surface area contributed by atoms with Gasteiger partial charge in [0.15, 0.2) is 22.5 Å². The number of nitrogens with zero attached hydrogens (tertiary/aromatic N) is 4. The minimum absolute atomic E-state index is 0.187. The van der Waals surface area contributed by atoms with Gasteiger partial charge in [-0.25, -0.2) is 0 Å². The topological polar surface area (TPSA) is 91.2 Å². The quantitative estimate of drug-likeness (QED) is 0.263. The van der Waals surface area contributed by atoms with Gasteiger partial charge in [0.2, 0.25) is 6.79 Å².